The lowest BCUT2D eigenvalue weighted by Gasteiger charge is -2.22. The molecule has 1 aliphatic rings. The van der Waals surface area contributed by atoms with E-state index in [0.717, 1.165) is 12.1 Å². The molecule has 0 spiro atoms. The first-order valence-corrected chi connectivity index (χ1v) is 5.51. The van der Waals surface area contributed by atoms with Crippen LogP contribution in [0.2, 0.25) is 0 Å². The molecule has 18 heavy (non-hydrogen) atoms. The standard InChI is InChI=1S/C12H12F3NO2/c13-12(14,15)9-3-1-8(2-4-9)11(17)10-7-18-6-5-16-10/h1-4,10,16H,5-7H2. The third kappa shape index (κ3) is 2.88. The van der Waals surface area contributed by atoms with Crippen LogP contribution >= 0.6 is 0 Å². The van der Waals surface area contributed by atoms with Crippen molar-refractivity contribution >= 4 is 5.78 Å². The van der Waals surface area contributed by atoms with Gasteiger partial charge in [-0.3, -0.25) is 4.79 Å². The number of carbonyl (C=O) groups is 1. The molecule has 0 bridgehead atoms. The molecule has 1 aromatic carbocycles. The van der Waals surface area contributed by atoms with Crippen molar-refractivity contribution < 1.29 is 22.7 Å². The van der Waals surface area contributed by atoms with Gasteiger partial charge in [0, 0.05) is 12.1 Å². The average molecular weight is 259 g/mol. The molecule has 0 aromatic heterocycles. The molecule has 0 aliphatic carbocycles. The Hall–Kier alpha value is -1.40. The molecule has 1 unspecified atom stereocenters. The summed E-state index contributed by atoms with van der Waals surface area (Å²) >= 11 is 0. The van der Waals surface area contributed by atoms with Gasteiger partial charge in [0.25, 0.3) is 0 Å². The number of nitrogens with one attached hydrogen (secondary N) is 1. The summed E-state index contributed by atoms with van der Waals surface area (Å²) in [4.78, 5) is 11.9. The van der Waals surface area contributed by atoms with Crippen LogP contribution in [0, 0.1) is 0 Å². The summed E-state index contributed by atoms with van der Waals surface area (Å²) in [5.74, 6) is -0.247. The fourth-order valence-electron chi connectivity index (χ4n) is 1.76. The largest absolute Gasteiger partial charge is 0.416 e. The van der Waals surface area contributed by atoms with Gasteiger partial charge in [-0.25, -0.2) is 0 Å². The van der Waals surface area contributed by atoms with E-state index in [1.54, 1.807) is 0 Å². The van der Waals surface area contributed by atoms with Crippen LogP contribution in [0.5, 0.6) is 0 Å². The summed E-state index contributed by atoms with van der Waals surface area (Å²) in [6, 6.07) is 3.74. The highest BCUT2D eigenvalue weighted by Gasteiger charge is 2.30. The van der Waals surface area contributed by atoms with Gasteiger partial charge in [0.2, 0.25) is 0 Å². The third-order valence-corrected chi connectivity index (χ3v) is 2.73. The Morgan fingerprint density at radius 1 is 1.28 bits per heavy atom. The number of hydrogen-bond acceptors (Lipinski definition) is 3. The van der Waals surface area contributed by atoms with E-state index in [9.17, 15) is 18.0 Å². The normalized spacial score (nSPS) is 20.7. The maximum Gasteiger partial charge on any atom is 0.416 e. The SMILES string of the molecule is O=C(c1ccc(C(F)(F)F)cc1)C1COCCN1. The van der Waals surface area contributed by atoms with Gasteiger partial charge in [-0.05, 0) is 12.1 Å². The van der Waals surface area contributed by atoms with Crippen molar-refractivity contribution in [3.63, 3.8) is 0 Å². The summed E-state index contributed by atoms with van der Waals surface area (Å²) in [7, 11) is 0. The molecule has 6 heteroatoms. The summed E-state index contributed by atoms with van der Waals surface area (Å²) in [6.07, 6.45) is -4.38. The summed E-state index contributed by atoms with van der Waals surface area (Å²) < 4.78 is 42.2. The number of hydrogen-bond donors (Lipinski definition) is 1. The molecule has 0 amide bonds. The summed E-state index contributed by atoms with van der Waals surface area (Å²) in [6.45, 7) is 1.35. The van der Waals surface area contributed by atoms with Crippen LogP contribution in [-0.2, 0) is 10.9 Å². The molecular weight excluding hydrogens is 247 g/mol. The first-order valence-electron chi connectivity index (χ1n) is 5.51. The van der Waals surface area contributed by atoms with E-state index in [-0.39, 0.29) is 18.0 Å². The molecule has 1 fully saturated rings. The van der Waals surface area contributed by atoms with Crippen molar-refractivity contribution in [1.82, 2.24) is 5.32 Å². The van der Waals surface area contributed by atoms with E-state index in [1.165, 1.54) is 12.1 Å². The molecule has 1 N–H and O–H groups in total. The van der Waals surface area contributed by atoms with Crippen LogP contribution < -0.4 is 5.32 Å². The number of carbonyl (C=O) groups excluding carboxylic acids is 1. The molecule has 3 nitrogen and oxygen atoms in total. The number of halogens is 3. The Balaban J connectivity index is 2.11. The highest BCUT2D eigenvalue weighted by atomic mass is 19.4. The zero-order valence-electron chi connectivity index (χ0n) is 9.46. The first-order chi connectivity index (χ1) is 8.48. The maximum atomic E-state index is 12.4. The van der Waals surface area contributed by atoms with Gasteiger partial charge < -0.3 is 10.1 Å². The molecule has 1 aromatic rings. The second-order valence-corrected chi connectivity index (χ2v) is 4.02. The van der Waals surface area contributed by atoms with Crippen molar-refractivity contribution in [2.24, 2.45) is 0 Å². The van der Waals surface area contributed by atoms with Gasteiger partial charge in [-0.15, -0.1) is 0 Å². The van der Waals surface area contributed by atoms with Crippen LogP contribution in [0.3, 0.4) is 0 Å². The van der Waals surface area contributed by atoms with Crippen molar-refractivity contribution in [3.8, 4) is 0 Å². The highest BCUT2D eigenvalue weighted by Crippen LogP contribution is 2.29. The van der Waals surface area contributed by atoms with Crippen LogP contribution in [0.4, 0.5) is 13.2 Å². The number of ketones is 1. The molecule has 1 aliphatic heterocycles. The average Bonchev–Trinajstić information content (AvgIpc) is 2.38. The van der Waals surface area contributed by atoms with Gasteiger partial charge in [0.15, 0.2) is 5.78 Å². The summed E-state index contributed by atoms with van der Waals surface area (Å²) in [5, 5.41) is 2.97. The predicted molar refractivity (Wildman–Crippen MR) is 58.4 cm³/mol. The minimum atomic E-state index is -4.38. The number of morpholine rings is 1. The van der Waals surface area contributed by atoms with Crippen LogP contribution in [0.25, 0.3) is 0 Å². The van der Waals surface area contributed by atoms with E-state index in [2.05, 4.69) is 5.32 Å². The lowest BCUT2D eigenvalue weighted by molar-refractivity contribution is -0.137. The number of alkyl halides is 3. The molecule has 0 saturated carbocycles. The van der Waals surface area contributed by atoms with E-state index < -0.39 is 17.8 Å². The topological polar surface area (TPSA) is 38.3 Å². The highest BCUT2D eigenvalue weighted by molar-refractivity contribution is 6.00. The minimum Gasteiger partial charge on any atom is -0.378 e. The fraction of sp³-hybridized carbons (Fsp3) is 0.417. The lowest BCUT2D eigenvalue weighted by Crippen LogP contribution is -2.46. The zero-order valence-corrected chi connectivity index (χ0v) is 9.46. The molecular formula is C12H12F3NO2. The van der Waals surface area contributed by atoms with Gasteiger partial charge in [0.1, 0.15) is 0 Å². The van der Waals surface area contributed by atoms with Crippen molar-refractivity contribution in [1.29, 1.82) is 0 Å². The maximum absolute atomic E-state index is 12.4. The number of rotatable bonds is 2. The van der Waals surface area contributed by atoms with Crippen molar-refractivity contribution in [3.05, 3.63) is 35.4 Å². The van der Waals surface area contributed by atoms with E-state index in [4.69, 9.17) is 4.74 Å². The Morgan fingerprint density at radius 2 is 1.94 bits per heavy atom. The monoisotopic (exact) mass is 259 g/mol. The van der Waals surface area contributed by atoms with Crippen molar-refractivity contribution in [2.45, 2.75) is 12.2 Å². The van der Waals surface area contributed by atoms with Gasteiger partial charge in [0.05, 0.1) is 24.8 Å². The van der Waals surface area contributed by atoms with Crippen LogP contribution in [0.1, 0.15) is 15.9 Å². The van der Waals surface area contributed by atoms with Crippen LogP contribution in [-0.4, -0.2) is 31.6 Å². The Labute approximate surface area is 102 Å². The van der Waals surface area contributed by atoms with E-state index in [0.29, 0.717) is 13.2 Å². The van der Waals surface area contributed by atoms with Gasteiger partial charge in [-0.1, -0.05) is 12.1 Å². The molecule has 98 valence electrons. The second kappa shape index (κ2) is 5.07. The fourth-order valence-corrected chi connectivity index (χ4v) is 1.76. The van der Waals surface area contributed by atoms with Gasteiger partial charge >= 0.3 is 6.18 Å². The van der Waals surface area contributed by atoms with Gasteiger partial charge in [-0.2, -0.15) is 13.2 Å². The van der Waals surface area contributed by atoms with E-state index in [1.807, 2.05) is 0 Å². The lowest BCUT2D eigenvalue weighted by atomic mass is 10.0. The van der Waals surface area contributed by atoms with E-state index >= 15 is 0 Å². The molecule has 1 saturated heterocycles. The second-order valence-electron chi connectivity index (χ2n) is 4.02. The Kier molecular flexibility index (Phi) is 3.68. The van der Waals surface area contributed by atoms with Crippen LogP contribution in [0.15, 0.2) is 24.3 Å². The smallest absolute Gasteiger partial charge is 0.378 e. The predicted octanol–water partition coefficient (Wildman–Crippen LogP) is 1.88. The minimum absolute atomic E-state index is 0.247. The number of benzene rings is 1. The first kappa shape index (κ1) is 13.0. The van der Waals surface area contributed by atoms with Crippen molar-refractivity contribution in [2.75, 3.05) is 19.8 Å². The molecule has 1 heterocycles. The number of ether oxygens (including phenoxy) is 1. The molecule has 2 rings (SSSR count). The Morgan fingerprint density at radius 3 is 2.44 bits per heavy atom. The zero-order chi connectivity index (χ0) is 13.2. The molecule has 1 atom stereocenters. The number of Topliss-reactive ketones (excluding diaryl/α,β-unsaturated/α-hetero) is 1. The Bertz CT molecular complexity index is 422. The quantitative estimate of drug-likeness (QED) is 0.824. The third-order valence-electron chi connectivity index (χ3n) is 2.73. The summed E-state index contributed by atoms with van der Waals surface area (Å²) in [5.41, 5.74) is -0.502. The molecule has 0 radical (unpaired) electrons.